The van der Waals surface area contributed by atoms with Gasteiger partial charge >= 0.3 is 5.97 Å². The third kappa shape index (κ3) is 4.36. The van der Waals surface area contributed by atoms with Crippen LogP contribution in [-0.4, -0.2) is 79.1 Å². The predicted octanol–water partition coefficient (Wildman–Crippen LogP) is 3.36. The number of likely N-dealkylation sites (tertiary alicyclic amines) is 1. The number of aliphatic carboxylic acids is 1. The topological polar surface area (TPSA) is 98.2 Å². The quantitative estimate of drug-likeness (QED) is 0.328. The lowest BCUT2D eigenvalue weighted by Crippen LogP contribution is -2.58. The molecule has 2 unspecified atom stereocenters. The van der Waals surface area contributed by atoms with Crippen LogP contribution in [0, 0.1) is 11.8 Å². The van der Waals surface area contributed by atoms with Gasteiger partial charge in [0, 0.05) is 17.8 Å². The Morgan fingerprint density at radius 2 is 2.00 bits per heavy atom. The molecule has 1 spiro atoms. The van der Waals surface area contributed by atoms with Crippen molar-refractivity contribution < 1.29 is 24.6 Å². The first-order valence-electron chi connectivity index (χ1n) is 13.0. The van der Waals surface area contributed by atoms with E-state index in [4.69, 9.17) is 0 Å². The van der Waals surface area contributed by atoms with E-state index in [0.717, 1.165) is 24.8 Å². The van der Waals surface area contributed by atoms with Gasteiger partial charge in [-0.2, -0.15) is 0 Å². The molecule has 2 N–H and O–H groups in total. The van der Waals surface area contributed by atoms with E-state index in [2.05, 4.69) is 13.5 Å². The predicted molar refractivity (Wildman–Crippen MR) is 141 cm³/mol. The number of hydrogen-bond acceptors (Lipinski definition) is 5. The standard InChI is InChI=1S/C28H38N2O5S/c1-4-6-10-16-29(15-5-2)25(33)23-28-14-13-27(3,36-28)22(26(34)35)21(28)24(32)30(23)20(18-31)17-19-11-8-7-9-12-19/h5,7-9,11-12,20-23,31H,2,4,6,10,13-18H2,1,3H3,(H,34,35)/t20-,21+,22-,23?,27+,28?/m1/s1. The van der Waals surface area contributed by atoms with Crippen molar-refractivity contribution in [2.45, 2.75) is 74.0 Å². The summed E-state index contributed by atoms with van der Waals surface area (Å²) in [6.07, 6.45) is 6.22. The minimum absolute atomic E-state index is 0.156. The van der Waals surface area contributed by atoms with Crippen LogP contribution < -0.4 is 0 Å². The number of fused-ring (bicyclic) bond motifs is 1. The average molecular weight is 515 g/mol. The van der Waals surface area contributed by atoms with E-state index in [-0.39, 0.29) is 18.4 Å². The van der Waals surface area contributed by atoms with Crippen LogP contribution >= 0.6 is 11.8 Å². The fraction of sp³-hybridized carbons (Fsp3) is 0.607. The molecule has 3 heterocycles. The third-order valence-corrected chi connectivity index (χ3v) is 10.3. The molecule has 8 heteroatoms. The van der Waals surface area contributed by atoms with Crippen molar-refractivity contribution in [2.75, 3.05) is 19.7 Å². The zero-order chi connectivity index (χ0) is 26.1. The Morgan fingerprint density at radius 3 is 2.61 bits per heavy atom. The number of aliphatic hydroxyl groups excluding tert-OH is 1. The highest BCUT2D eigenvalue weighted by molar-refractivity contribution is 8.02. The van der Waals surface area contributed by atoms with E-state index in [9.17, 15) is 24.6 Å². The number of carbonyl (C=O) groups is 3. The third-order valence-electron chi connectivity index (χ3n) is 8.33. The number of nitrogens with zero attached hydrogens (tertiary/aromatic N) is 2. The number of benzene rings is 1. The van der Waals surface area contributed by atoms with E-state index in [0.29, 0.717) is 32.4 Å². The second-order valence-electron chi connectivity index (χ2n) is 10.6. The molecule has 0 radical (unpaired) electrons. The first-order valence-corrected chi connectivity index (χ1v) is 13.8. The summed E-state index contributed by atoms with van der Waals surface area (Å²) in [7, 11) is 0. The SMILES string of the molecule is C=CCN(CCCCC)C(=O)C1N([C@@H](CO)Cc2ccccc2)C(=O)[C@@H]2[C@H](C(=O)O)[C@]3(C)CCC12S3. The number of aliphatic hydroxyl groups is 1. The number of carbonyl (C=O) groups excluding carboxylic acids is 2. The van der Waals surface area contributed by atoms with Crippen LogP contribution in [0.2, 0.25) is 0 Å². The molecule has 4 rings (SSSR count). The first-order chi connectivity index (χ1) is 17.2. The summed E-state index contributed by atoms with van der Waals surface area (Å²) >= 11 is 1.53. The smallest absolute Gasteiger partial charge is 0.308 e. The maximum atomic E-state index is 14.3. The monoisotopic (exact) mass is 514 g/mol. The molecule has 3 saturated heterocycles. The Bertz CT molecular complexity index is 1000. The van der Waals surface area contributed by atoms with Gasteiger partial charge in [0.15, 0.2) is 0 Å². The van der Waals surface area contributed by atoms with Crippen molar-refractivity contribution in [1.29, 1.82) is 0 Å². The van der Waals surface area contributed by atoms with Crippen LogP contribution in [-0.2, 0) is 20.8 Å². The second-order valence-corrected chi connectivity index (χ2v) is 12.5. The van der Waals surface area contributed by atoms with Crippen LogP contribution in [0.25, 0.3) is 0 Å². The molecule has 36 heavy (non-hydrogen) atoms. The number of thioether (sulfide) groups is 1. The Balaban J connectivity index is 1.77. The zero-order valence-corrected chi connectivity index (χ0v) is 22.1. The minimum Gasteiger partial charge on any atom is -0.481 e. The van der Waals surface area contributed by atoms with Gasteiger partial charge in [-0.1, -0.05) is 56.2 Å². The van der Waals surface area contributed by atoms with Gasteiger partial charge in [0.2, 0.25) is 11.8 Å². The fourth-order valence-corrected chi connectivity index (χ4v) is 9.05. The van der Waals surface area contributed by atoms with E-state index >= 15 is 0 Å². The van der Waals surface area contributed by atoms with Gasteiger partial charge in [-0.25, -0.2) is 0 Å². The summed E-state index contributed by atoms with van der Waals surface area (Å²) in [6.45, 7) is 8.51. The minimum atomic E-state index is -0.979. The van der Waals surface area contributed by atoms with Crippen molar-refractivity contribution >= 4 is 29.5 Å². The lowest BCUT2D eigenvalue weighted by atomic mass is 9.66. The molecule has 3 aliphatic heterocycles. The highest BCUT2D eigenvalue weighted by Gasteiger charge is 2.78. The van der Waals surface area contributed by atoms with Gasteiger partial charge in [-0.3, -0.25) is 14.4 Å². The fourth-order valence-electron chi connectivity index (χ4n) is 6.72. The molecule has 196 valence electrons. The molecular formula is C28H38N2O5S. The van der Waals surface area contributed by atoms with Gasteiger partial charge in [0.05, 0.1) is 29.2 Å². The van der Waals surface area contributed by atoms with E-state index in [1.165, 1.54) is 11.8 Å². The summed E-state index contributed by atoms with van der Waals surface area (Å²) in [5, 5.41) is 20.7. The molecule has 0 saturated carbocycles. The van der Waals surface area contributed by atoms with Crippen molar-refractivity contribution in [3.05, 3.63) is 48.6 Å². The average Bonchev–Trinajstić information content (AvgIpc) is 3.43. The van der Waals surface area contributed by atoms with Crippen LogP contribution in [0.3, 0.4) is 0 Å². The van der Waals surface area contributed by atoms with Gasteiger partial charge in [-0.15, -0.1) is 18.3 Å². The van der Waals surface area contributed by atoms with Crippen molar-refractivity contribution in [3.8, 4) is 0 Å². The maximum Gasteiger partial charge on any atom is 0.308 e. The van der Waals surface area contributed by atoms with Crippen molar-refractivity contribution in [1.82, 2.24) is 9.80 Å². The molecule has 1 aromatic carbocycles. The molecule has 3 aliphatic rings. The molecule has 7 nitrogen and oxygen atoms in total. The van der Waals surface area contributed by atoms with Gasteiger partial charge in [-0.05, 0) is 38.2 Å². The second kappa shape index (κ2) is 10.6. The van der Waals surface area contributed by atoms with E-state index in [1.807, 2.05) is 37.3 Å². The van der Waals surface area contributed by atoms with Gasteiger partial charge in [0.1, 0.15) is 6.04 Å². The molecule has 6 atom stereocenters. The van der Waals surface area contributed by atoms with Crippen molar-refractivity contribution in [2.24, 2.45) is 11.8 Å². The molecule has 0 aromatic heterocycles. The lowest BCUT2D eigenvalue weighted by Gasteiger charge is -2.39. The Labute approximate surface area is 217 Å². The van der Waals surface area contributed by atoms with Crippen LogP contribution in [0.5, 0.6) is 0 Å². The summed E-state index contributed by atoms with van der Waals surface area (Å²) in [6, 6.07) is 8.18. The highest BCUT2D eigenvalue weighted by atomic mass is 32.2. The van der Waals surface area contributed by atoms with Crippen LogP contribution in [0.15, 0.2) is 43.0 Å². The number of unbranched alkanes of at least 4 members (excludes halogenated alkanes) is 2. The number of rotatable bonds is 12. The summed E-state index contributed by atoms with van der Waals surface area (Å²) < 4.78 is -1.39. The van der Waals surface area contributed by atoms with E-state index < -0.39 is 39.4 Å². The molecule has 3 fully saturated rings. The Hall–Kier alpha value is -2.32. The summed E-state index contributed by atoms with van der Waals surface area (Å²) in [5.74, 6) is -3.07. The highest BCUT2D eigenvalue weighted by Crippen LogP contribution is 2.71. The van der Waals surface area contributed by atoms with E-state index in [1.54, 1.807) is 15.9 Å². The van der Waals surface area contributed by atoms with Gasteiger partial charge < -0.3 is 20.0 Å². The number of carboxylic acid groups (broad SMARTS) is 1. The number of hydrogen-bond donors (Lipinski definition) is 2. The summed E-state index contributed by atoms with van der Waals surface area (Å²) in [4.78, 5) is 44.2. The Morgan fingerprint density at radius 1 is 1.28 bits per heavy atom. The summed E-state index contributed by atoms with van der Waals surface area (Å²) in [5.41, 5.74) is 0.953. The first kappa shape index (κ1) is 26.7. The molecule has 2 bridgehead atoms. The molecular weight excluding hydrogens is 476 g/mol. The van der Waals surface area contributed by atoms with Crippen LogP contribution in [0.1, 0.15) is 51.5 Å². The zero-order valence-electron chi connectivity index (χ0n) is 21.3. The Kier molecular flexibility index (Phi) is 7.86. The molecule has 2 amide bonds. The van der Waals surface area contributed by atoms with Gasteiger partial charge in [0.25, 0.3) is 0 Å². The number of amides is 2. The van der Waals surface area contributed by atoms with Crippen LogP contribution in [0.4, 0.5) is 0 Å². The normalized spacial score (nSPS) is 31.4. The molecule has 1 aromatic rings. The van der Waals surface area contributed by atoms with Crippen molar-refractivity contribution in [3.63, 3.8) is 0 Å². The maximum absolute atomic E-state index is 14.3. The largest absolute Gasteiger partial charge is 0.481 e. The lowest BCUT2D eigenvalue weighted by molar-refractivity contribution is -0.151. The molecule has 0 aliphatic carbocycles. The number of carboxylic acids is 1.